The zero-order chi connectivity index (χ0) is 13.7. The van der Waals surface area contributed by atoms with Crippen molar-refractivity contribution in [1.82, 2.24) is 5.32 Å². The third-order valence-corrected chi connectivity index (χ3v) is 3.27. The minimum Gasteiger partial charge on any atom is -0.481 e. The first kappa shape index (κ1) is 13.8. The van der Waals surface area contributed by atoms with Crippen LogP contribution in [0.25, 0.3) is 0 Å². The summed E-state index contributed by atoms with van der Waals surface area (Å²) in [5.74, 6) is -0.774. The molecular weight excluding hydrogens is 249 g/mol. The van der Waals surface area contributed by atoms with Gasteiger partial charge in [0, 0.05) is 0 Å². The van der Waals surface area contributed by atoms with E-state index in [0.29, 0.717) is 6.42 Å². The highest BCUT2D eigenvalue weighted by Crippen LogP contribution is 2.18. The van der Waals surface area contributed by atoms with Crippen molar-refractivity contribution in [3.05, 3.63) is 30.1 Å². The van der Waals surface area contributed by atoms with E-state index in [1.54, 1.807) is 12.1 Å². The van der Waals surface area contributed by atoms with Crippen molar-refractivity contribution in [3.8, 4) is 5.75 Å². The average molecular weight is 267 g/mol. The van der Waals surface area contributed by atoms with Gasteiger partial charge >= 0.3 is 0 Å². The number of carbonyl (C=O) groups is 1. The molecule has 1 fully saturated rings. The number of benzene rings is 1. The Hall–Kier alpha value is -1.62. The number of amides is 1. The van der Waals surface area contributed by atoms with E-state index in [0.717, 1.165) is 19.3 Å². The number of hydrogen-bond donors (Lipinski definition) is 2. The predicted octanol–water partition coefficient (Wildman–Crippen LogP) is 1.62. The van der Waals surface area contributed by atoms with Crippen LogP contribution in [0.1, 0.15) is 25.7 Å². The van der Waals surface area contributed by atoms with Crippen molar-refractivity contribution in [1.29, 1.82) is 0 Å². The Labute approximate surface area is 111 Å². The molecule has 0 spiro atoms. The summed E-state index contributed by atoms with van der Waals surface area (Å²) in [6.07, 6.45) is 2.97. The quantitative estimate of drug-likeness (QED) is 0.871. The van der Waals surface area contributed by atoms with Crippen molar-refractivity contribution < 1.29 is 19.0 Å². The van der Waals surface area contributed by atoms with Gasteiger partial charge in [0.15, 0.2) is 18.2 Å². The summed E-state index contributed by atoms with van der Waals surface area (Å²) in [7, 11) is 0. The molecule has 19 heavy (non-hydrogen) atoms. The molecule has 0 bridgehead atoms. The van der Waals surface area contributed by atoms with Crippen molar-refractivity contribution in [3.63, 3.8) is 0 Å². The third kappa shape index (κ3) is 3.92. The van der Waals surface area contributed by atoms with Crippen LogP contribution >= 0.6 is 0 Å². The Bertz CT molecular complexity index is 438. The third-order valence-electron chi connectivity index (χ3n) is 3.27. The van der Waals surface area contributed by atoms with Crippen LogP contribution in [0.4, 0.5) is 4.39 Å². The maximum atomic E-state index is 13.3. The average Bonchev–Trinajstić information content (AvgIpc) is 2.40. The van der Waals surface area contributed by atoms with Crippen LogP contribution in [0.15, 0.2) is 24.3 Å². The summed E-state index contributed by atoms with van der Waals surface area (Å²) < 4.78 is 18.4. The molecule has 4 nitrogen and oxygen atoms in total. The zero-order valence-electron chi connectivity index (χ0n) is 10.6. The standard InChI is InChI=1S/C14H18FNO3/c15-10-5-1-4-8-13(10)19-9-14(18)16-11-6-2-3-7-12(11)17/h1,4-5,8,11-12,17H,2-3,6-7,9H2,(H,16,18). The minimum atomic E-state index is -0.494. The summed E-state index contributed by atoms with van der Waals surface area (Å²) in [5.41, 5.74) is 0. The highest BCUT2D eigenvalue weighted by molar-refractivity contribution is 5.77. The maximum Gasteiger partial charge on any atom is 0.258 e. The van der Waals surface area contributed by atoms with E-state index in [4.69, 9.17) is 4.74 Å². The number of hydrogen-bond acceptors (Lipinski definition) is 3. The highest BCUT2D eigenvalue weighted by atomic mass is 19.1. The highest BCUT2D eigenvalue weighted by Gasteiger charge is 2.24. The van der Waals surface area contributed by atoms with Gasteiger partial charge in [-0.2, -0.15) is 0 Å². The molecule has 0 saturated heterocycles. The van der Waals surface area contributed by atoms with Gasteiger partial charge in [-0.1, -0.05) is 25.0 Å². The van der Waals surface area contributed by atoms with Gasteiger partial charge < -0.3 is 15.2 Å². The molecule has 2 atom stereocenters. The first-order chi connectivity index (χ1) is 9.16. The van der Waals surface area contributed by atoms with Gasteiger partial charge in [0.2, 0.25) is 0 Å². The van der Waals surface area contributed by atoms with Gasteiger partial charge in [0.1, 0.15) is 0 Å². The normalized spacial score (nSPS) is 22.8. The Morgan fingerprint density at radius 2 is 2.11 bits per heavy atom. The number of halogens is 1. The lowest BCUT2D eigenvalue weighted by molar-refractivity contribution is -0.125. The number of aliphatic hydroxyl groups excluding tert-OH is 1. The molecule has 2 rings (SSSR count). The SMILES string of the molecule is O=C(COc1ccccc1F)NC1CCCCC1O. The van der Waals surface area contributed by atoms with Crippen molar-refractivity contribution in [2.45, 2.75) is 37.8 Å². The number of rotatable bonds is 4. The van der Waals surface area contributed by atoms with Crippen LogP contribution in [0.2, 0.25) is 0 Å². The molecule has 0 aliphatic heterocycles. The minimum absolute atomic E-state index is 0.0573. The molecule has 1 aromatic carbocycles. The molecule has 0 aromatic heterocycles. The van der Waals surface area contributed by atoms with Crippen LogP contribution in [0, 0.1) is 5.82 Å². The van der Waals surface area contributed by atoms with Crippen LogP contribution in [0.5, 0.6) is 5.75 Å². The smallest absolute Gasteiger partial charge is 0.258 e. The lowest BCUT2D eigenvalue weighted by atomic mass is 9.92. The molecule has 0 radical (unpaired) electrons. The van der Waals surface area contributed by atoms with Gasteiger partial charge in [-0.05, 0) is 25.0 Å². The van der Waals surface area contributed by atoms with Crippen LogP contribution < -0.4 is 10.1 Å². The first-order valence-electron chi connectivity index (χ1n) is 6.51. The van der Waals surface area contributed by atoms with E-state index in [9.17, 15) is 14.3 Å². The number of para-hydroxylation sites is 1. The second kappa shape index (κ2) is 6.52. The Morgan fingerprint density at radius 1 is 1.37 bits per heavy atom. The van der Waals surface area contributed by atoms with Gasteiger partial charge in [-0.3, -0.25) is 4.79 Å². The topological polar surface area (TPSA) is 58.6 Å². The molecule has 2 N–H and O–H groups in total. The van der Waals surface area contributed by atoms with Crippen LogP contribution in [0.3, 0.4) is 0 Å². The van der Waals surface area contributed by atoms with Gasteiger partial charge in [0.05, 0.1) is 12.1 Å². The maximum absolute atomic E-state index is 13.3. The fourth-order valence-electron chi connectivity index (χ4n) is 2.23. The molecular formula is C14H18FNO3. The van der Waals surface area contributed by atoms with E-state index in [1.165, 1.54) is 12.1 Å². The number of nitrogens with one attached hydrogen (secondary N) is 1. The van der Waals surface area contributed by atoms with Crippen molar-refractivity contribution in [2.75, 3.05) is 6.61 Å². The van der Waals surface area contributed by atoms with Gasteiger partial charge in [-0.25, -0.2) is 4.39 Å². The summed E-state index contributed by atoms with van der Waals surface area (Å²) in [6, 6.07) is 5.73. The Balaban J connectivity index is 1.80. The van der Waals surface area contributed by atoms with E-state index < -0.39 is 11.9 Å². The molecule has 5 heteroatoms. The fourth-order valence-corrected chi connectivity index (χ4v) is 2.23. The predicted molar refractivity (Wildman–Crippen MR) is 68.3 cm³/mol. The zero-order valence-corrected chi connectivity index (χ0v) is 10.6. The van der Waals surface area contributed by atoms with Crippen molar-refractivity contribution in [2.24, 2.45) is 0 Å². The van der Waals surface area contributed by atoms with Gasteiger partial charge in [0.25, 0.3) is 5.91 Å². The number of ether oxygens (including phenoxy) is 1. The molecule has 1 aliphatic rings. The lowest BCUT2D eigenvalue weighted by Crippen LogP contribution is -2.46. The van der Waals surface area contributed by atoms with Gasteiger partial charge in [-0.15, -0.1) is 0 Å². The summed E-state index contributed by atoms with van der Waals surface area (Å²) in [5, 5.41) is 12.5. The molecule has 2 unspecified atom stereocenters. The monoisotopic (exact) mass is 267 g/mol. The van der Waals surface area contributed by atoms with Crippen LogP contribution in [-0.2, 0) is 4.79 Å². The summed E-state index contributed by atoms with van der Waals surface area (Å²) in [4.78, 5) is 11.7. The molecule has 1 aliphatic carbocycles. The summed E-state index contributed by atoms with van der Waals surface area (Å²) in [6.45, 7) is -0.246. The fraction of sp³-hybridized carbons (Fsp3) is 0.500. The molecule has 0 heterocycles. The molecule has 1 saturated carbocycles. The molecule has 1 amide bonds. The Morgan fingerprint density at radius 3 is 2.84 bits per heavy atom. The largest absolute Gasteiger partial charge is 0.481 e. The first-order valence-corrected chi connectivity index (χ1v) is 6.51. The second-order valence-electron chi connectivity index (χ2n) is 4.74. The van der Waals surface area contributed by atoms with E-state index in [1.807, 2.05) is 0 Å². The molecule has 1 aromatic rings. The summed E-state index contributed by atoms with van der Waals surface area (Å²) >= 11 is 0. The van der Waals surface area contributed by atoms with E-state index in [2.05, 4.69) is 5.32 Å². The lowest BCUT2D eigenvalue weighted by Gasteiger charge is -2.28. The van der Waals surface area contributed by atoms with E-state index in [-0.39, 0.29) is 24.3 Å². The number of carbonyl (C=O) groups excluding carboxylic acids is 1. The van der Waals surface area contributed by atoms with Crippen molar-refractivity contribution >= 4 is 5.91 Å². The number of aliphatic hydroxyl groups is 1. The van der Waals surface area contributed by atoms with Crippen LogP contribution in [-0.4, -0.2) is 29.8 Å². The van der Waals surface area contributed by atoms with E-state index >= 15 is 0 Å². The Kier molecular flexibility index (Phi) is 4.74. The molecule has 104 valence electrons. The second-order valence-corrected chi connectivity index (χ2v) is 4.74.